The molecule has 2 aliphatic rings. The summed E-state index contributed by atoms with van der Waals surface area (Å²) in [5.74, 6) is -0.197. The van der Waals surface area contributed by atoms with Crippen molar-refractivity contribution in [1.82, 2.24) is 5.32 Å². The Hall–Kier alpha value is -1.46. The predicted molar refractivity (Wildman–Crippen MR) is 95.1 cm³/mol. The van der Waals surface area contributed by atoms with Crippen molar-refractivity contribution in [3.8, 4) is 0 Å². The smallest absolute Gasteiger partial charge is 0.220 e. The van der Waals surface area contributed by atoms with Gasteiger partial charge in [0.05, 0.1) is 19.8 Å². The van der Waals surface area contributed by atoms with Gasteiger partial charge in [-0.25, -0.2) is 4.39 Å². The van der Waals surface area contributed by atoms with E-state index in [0.29, 0.717) is 18.4 Å². The standard InChI is InChI=1S/C20H29FN2O2/c21-18-7-3-2-6-17(18)8-9-19(24)22-16-20(10-4-1-5-11-20)23-12-14-25-15-13-23/h2-3,6-7H,1,4-5,8-16H2,(H,22,24)/p+1. The van der Waals surface area contributed by atoms with Crippen molar-refractivity contribution < 1.29 is 18.8 Å². The minimum Gasteiger partial charge on any atom is -0.370 e. The van der Waals surface area contributed by atoms with Gasteiger partial charge in [0, 0.05) is 19.3 Å². The fourth-order valence-electron chi connectivity index (χ4n) is 4.34. The van der Waals surface area contributed by atoms with E-state index in [1.807, 2.05) is 6.07 Å². The minimum atomic E-state index is -0.225. The topological polar surface area (TPSA) is 42.8 Å². The molecule has 138 valence electrons. The van der Waals surface area contributed by atoms with Crippen LogP contribution in [0.2, 0.25) is 0 Å². The first-order chi connectivity index (χ1) is 12.2. The molecule has 1 aliphatic carbocycles. The Labute approximate surface area is 149 Å². The molecule has 1 heterocycles. The second kappa shape index (κ2) is 8.77. The summed E-state index contributed by atoms with van der Waals surface area (Å²) in [4.78, 5) is 13.9. The summed E-state index contributed by atoms with van der Waals surface area (Å²) in [5.41, 5.74) is 0.777. The zero-order chi connectivity index (χ0) is 17.5. The number of carbonyl (C=O) groups excluding carboxylic acids is 1. The van der Waals surface area contributed by atoms with Crippen LogP contribution in [-0.2, 0) is 16.0 Å². The highest BCUT2D eigenvalue weighted by molar-refractivity contribution is 5.76. The van der Waals surface area contributed by atoms with Crippen LogP contribution < -0.4 is 10.2 Å². The summed E-state index contributed by atoms with van der Waals surface area (Å²) in [5, 5.41) is 3.16. The molecule has 5 heteroatoms. The van der Waals surface area contributed by atoms with Crippen LogP contribution >= 0.6 is 0 Å². The van der Waals surface area contributed by atoms with Gasteiger partial charge in [0.2, 0.25) is 5.91 Å². The third-order valence-corrected chi connectivity index (χ3v) is 5.86. The Morgan fingerprint density at radius 2 is 1.88 bits per heavy atom. The average molecular weight is 349 g/mol. The van der Waals surface area contributed by atoms with E-state index >= 15 is 0 Å². The SMILES string of the molecule is O=C(CCc1ccccc1F)NCC1([NH+]2CCOCC2)CCCCC1. The number of aryl methyl sites for hydroxylation is 1. The van der Waals surface area contributed by atoms with Gasteiger partial charge in [-0.1, -0.05) is 24.6 Å². The lowest BCUT2D eigenvalue weighted by Gasteiger charge is -2.45. The van der Waals surface area contributed by atoms with Gasteiger partial charge in [0.1, 0.15) is 24.4 Å². The van der Waals surface area contributed by atoms with Gasteiger partial charge in [-0.3, -0.25) is 4.79 Å². The highest BCUT2D eigenvalue weighted by Crippen LogP contribution is 2.25. The molecule has 0 radical (unpaired) electrons. The highest BCUT2D eigenvalue weighted by atomic mass is 19.1. The summed E-state index contributed by atoms with van der Waals surface area (Å²) in [7, 11) is 0. The van der Waals surface area contributed by atoms with Gasteiger partial charge in [0.25, 0.3) is 0 Å². The predicted octanol–water partition coefficient (Wildman–Crippen LogP) is 1.49. The summed E-state index contributed by atoms with van der Waals surface area (Å²) in [6.45, 7) is 4.44. The minimum absolute atomic E-state index is 0.0286. The van der Waals surface area contributed by atoms with Crippen LogP contribution in [0.25, 0.3) is 0 Å². The molecule has 0 atom stereocenters. The maximum Gasteiger partial charge on any atom is 0.220 e. The number of nitrogens with one attached hydrogen (secondary N) is 2. The lowest BCUT2D eigenvalue weighted by Crippen LogP contribution is -3.23. The van der Waals surface area contributed by atoms with E-state index in [4.69, 9.17) is 4.74 Å². The number of carbonyl (C=O) groups is 1. The second-order valence-electron chi connectivity index (χ2n) is 7.43. The molecule has 1 amide bonds. The number of halogens is 1. The number of amides is 1. The number of quaternary nitrogens is 1. The summed E-state index contributed by atoms with van der Waals surface area (Å²) in [6.07, 6.45) is 6.94. The molecule has 2 fully saturated rings. The van der Waals surface area contributed by atoms with E-state index in [2.05, 4.69) is 5.32 Å². The monoisotopic (exact) mass is 349 g/mol. The van der Waals surface area contributed by atoms with E-state index in [0.717, 1.165) is 32.8 Å². The number of hydrogen-bond acceptors (Lipinski definition) is 2. The molecule has 3 rings (SSSR count). The molecule has 1 saturated heterocycles. The molecular formula is C20H30FN2O2+. The molecule has 4 nitrogen and oxygen atoms in total. The molecule has 0 aromatic heterocycles. The molecule has 0 bridgehead atoms. The number of ether oxygens (including phenoxy) is 1. The molecular weight excluding hydrogens is 319 g/mol. The first-order valence-electron chi connectivity index (χ1n) is 9.63. The first kappa shape index (κ1) is 18.3. The number of rotatable bonds is 6. The third kappa shape index (κ3) is 4.79. The Morgan fingerprint density at radius 3 is 2.60 bits per heavy atom. The van der Waals surface area contributed by atoms with Crippen LogP contribution in [0.4, 0.5) is 4.39 Å². The van der Waals surface area contributed by atoms with Gasteiger partial charge in [-0.15, -0.1) is 0 Å². The molecule has 25 heavy (non-hydrogen) atoms. The molecule has 1 aliphatic heterocycles. The largest absolute Gasteiger partial charge is 0.370 e. The molecule has 0 spiro atoms. The molecule has 1 saturated carbocycles. The quantitative estimate of drug-likeness (QED) is 0.817. The van der Waals surface area contributed by atoms with Crippen molar-refractivity contribution in [2.45, 2.75) is 50.5 Å². The van der Waals surface area contributed by atoms with Gasteiger partial charge >= 0.3 is 0 Å². The van der Waals surface area contributed by atoms with E-state index < -0.39 is 0 Å². The number of hydrogen-bond donors (Lipinski definition) is 2. The van der Waals surface area contributed by atoms with Crippen LogP contribution in [0.5, 0.6) is 0 Å². The normalized spacial score (nSPS) is 21.0. The van der Waals surface area contributed by atoms with Crippen LogP contribution in [0, 0.1) is 5.82 Å². The maximum atomic E-state index is 13.7. The summed E-state index contributed by atoms with van der Waals surface area (Å²) < 4.78 is 19.2. The first-order valence-corrected chi connectivity index (χ1v) is 9.63. The van der Waals surface area contributed by atoms with E-state index in [1.54, 1.807) is 17.0 Å². The Morgan fingerprint density at radius 1 is 1.16 bits per heavy atom. The van der Waals surface area contributed by atoms with Crippen LogP contribution in [0.1, 0.15) is 44.1 Å². The van der Waals surface area contributed by atoms with Gasteiger partial charge in [-0.05, 0) is 30.9 Å². The van der Waals surface area contributed by atoms with Crippen LogP contribution in [0.15, 0.2) is 24.3 Å². The Balaban J connectivity index is 1.53. The molecule has 0 unspecified atom stereocenters. The van der Waals surface area contributed by atoms with E-state index in [1.165, 1.54) is 38.2 Å². The maximum absolute atomic E-state index is 13.7. The van der Waals surface area contributed by atoms with Crippen molar-refractivity contribution >= 4 is 5.91 Å². The number of benzene rings is 1. The van der Waals surface area contributed by atoms with Gasteiger partial charge in [0.15, 0.2) is 0 Å². The third-order valence-electron chi connectivity index (χ3n) is 5.86. The average Bonchev–Trinajstić information content (AvgIpc) is 2.67. The molecule has 1 aromatic carbocycles. The fourth-order valence-corrected chi connectivity index (χ4v) is 4.34. The van der Waals surface area contributed by atoms with Crippen molar-refractivity contribution in [1.29, 1.82) is 0 Å². The summed E-state index contributed by atoms with van der Waals surface area (Å²) >= 11 is 0. The number of morpholine rings is 1. The lowest BCUT2D eigenvalue weighted by atomic mass is 9.79. The van der Waals surface area contributed by atoms with Crippen molar-refractivity contribution in [2.24, 2.45) is 0 Å². The molecule has 2 N–H and O–H groups in total. The highest BCUT2D eigenvalue weighted by Gasteiger charge is 2.42. The zero-order valence-corrected chi connectivity index (χ0v) is 15.0. The van der Waals surface area contributed by atoms with E-state index in [9.17, 15) is 9.18 Å². The Kier molecular flexibility index (Phi) is 6.43. The summed E-state index contributed by atoms with van der Waals surface area (Å²) in [6, 6.07) is 6.70. The van der Waals surface area contributed by atoms with Crippen molar-refractivity contribution in [3.63, 3.8) is 0 Å². The van der Waals surface area contributed by atoms with Crippen LogP contribution in [-0.4, -0.2) is 44.3 Å². The zero-order valence-electron chi connectivity index (χ0n) is 15.0. The fraction of sp³-hybridized carbons (Fsp3) is 0.650. The van der Waals surface area contributed by atoms with Crippen molar-refractivity contribution in [2.75, 3.05) is 32.8 Å². The van der Waals surface area contributed by atoms with Crippen LogP contribution in [0.3, 0.4) is 0 Å². The Bertz CT molecular complexity index is 567. The van der Waals surface area contributed by atoms with Gasteiger partial charge in [-0.2, -0.15) is 0 Å². The van der Waals surface area contributed by atoms with E-state index in [-0.39, 0.29) is 17.3 Å². The molecule has 1 aromatic rings. The van der Waals surface area contributed by atoms with Crippen molar-refractivity contribution in [3.05, 3.63) is 35.6 Å². The van der Waals surface area contributed by atoms with Gasteiger partial charge < -0.3 is 15.0 Å². The lowest BCUT2D eigenvalue weighted by molar-refractivity contribution is -0.960. The second-order valence-corrected chi connectivity index (χ2v) is 7.43.